The highest BCUT2D eigenvalue weighted by molar-refractivity contribution is 7.25. The van der Waals surface area contributed by atoms with Crippen molar-refractivity contribution in [2.24, 2.45) is 5.73 Å². The van der Waals surface area contributed by atoms with Crippen LogP contribution in [0.5, 0.6) is 0 Å². The zero-order valence-corrected chi connectivity index (χ0v) is 27.7. The molecule has 8 aromatic carbocycles. The zero-order valence-electron chi connectivity index (χ0n) is 26.9. The molecular formula is C46H34N2S. The van der Waals surface area contributed by atoms with E-state index in [1.807, 2.05) is 29.5 Å². The van der Waals surface area contributed by atoms with Gasteiger partial charge in [0.05, 0.1) is 12.2 Å². The maximum absolute atomic E-state index is 6.78. The van der Waals surface area contributed by atoms with Gasteiger partial charge in [-0.15, -0.1) is 11.3 Å². The summed E-state index contributed by atoms with van der Waals surface area (Å²) in [6, 6.07) is 58.8. The van der Waals surface area contributed by atoms with Crippen LogP contribution in [0.2, 0.25) is 0 Å². The molecule has 0 amide bonds. The summed E-state index contributed by atoms with van der Waals surface area (Å²) in [5, 5.41) is 14.0. The van der Waals surface area contributed by atoms with Crippen LogP contribution in [0.15, 0.2) is 170 Å². The Morgan fingerprint density at radius 2 is 1.24 bits per heavy atom. The van der Waals surface area contributed by atoms with Crippen LogP contribution < -0.4 is 11.1 Å². The highest BCUT2D eigenvalue weighted by Crippen LogP contribution is 2.39. The van der Waals surface area contributed by atoms with Crippen LogP contribution in [0.25, 0.3) is 69.7 Å². The molecule has 2 unspecified atom stereocenters. The van der Waals surface area contributed by atoms with Crippen molar-refractivity contribution < 1.29 is 0 Å². The monoisotopic (exact) mass is 646 g/mol. The molecule has 9 rings (SSSR count). The van der Waals surface area contributed by atoms with Gasteiger partial charge in [-0.2, -0.15) is 0 Å². The SMILES string of the molecule is NC(NC(/C=C/c1ccc(-c2cccc3c2ccc2cc4ccccc4cc23)cc1)c1cccc2sc3ccccc3c12)c1ccccc1. The summed E-state index contributed by atoms with van der Waals surface area (Å²) in [7, 11) is 0. The molecule has 1 heterocycles. The van der Waals surface area contributed by atoms with E-state index in [0.29, 0.717) is 0 Å². The van der Waals surface area contributed by atoms with Crippen LogP contribution in [-0.2, 0) is 0 Å². The van der Waals surface area contributed by atoms with Gasteiger partial charge in [0.2, 0.25) is 0 Å². The van der Waals surface area contributed by atoms with Gasteiger partial charge in [0.1, 0.15) is 0 Å². The zero-order chi connectivity index (χ0) is 32.7. The third kappa shape index (κ3) is 5.48. The van der Waals surface area contributed by atoms with Gasteiger partial charge in [-0.3, -0.25) is 5.32 Å². The van der Waals surface area contributed by atoms with Crippen molar-refractivity contribution in [3.8, 4) is 11.1 Å². The molecule has 0 saturated carbocycles. The van der Waals surface area contributed by atoms with E-state index in [9.17, 15) is 0 Å². The van der Waals surface area contributed by atoms with Crippen molar-refractivity contribution in [1.82, 2.24) is 5.32 Å². The number of nitrogens with one attached hydrogen (secondary N) is 1. The van der Waals surface area contributed by atoms with Crippen molar-refractivity contribution in [2.75, 3.05) is 0 Å². The van der Waals surface area contributed by atoms with Crippen LogP contribution in [-0.4, -0.2) is 0 Å². The van der Waals surface area contributed by atoms with E-state index in [1.54, 1.807) is 0 Å². The largest absolute Gasteiger partial charge is 0.312 e. The van der Waals surface area contributed by atoms with E-state index in [-0.39, 0.29) is 12.2 Å². The Morgan fingerprint density at radius 3 is 2.10 bits per heavy atom. The highest BCUT2D eigenvalue weighted by Gasteiger charge is 2.18. The highest BCUT2D eigenvalue weighted by atomic mass is 32.1. The molecule has 0 saturated heterocycles. The van der Waals surface area contributed by atoms with Crippen LogP contribution in [0.3, 0.4) is 0 Å². The lowest BCUT2D eigenvalue weighted by molar-refractivity contribution is 0.511. The molecule has 0 radical (unpaired) electrons. The molecule has 3 N–H and O–H groups in total. The molecule has 3 heteroatoms. The second kappa shape index (κ2) is 12.5. The number of fused-ring (bicyclic) bond motifs is 7. The summed E-state index contributed by atoms with van der Waals surface area (Å²) in [6.45, 7) is 0. The average Bonchev–Trinajstić information content (AvgIpc) is 3.55. The summed E-state index contributed by atoms with van der Waals surface area (Å²) in [6.07, 6.45) is 4.15. The van der Waals surface area contributed by atoms with Gasteiger partial charge in [0.25, 0.3) is 0 Å². The maximum atomic E-state index is 6.78. The number of nitrogens with two attached hydrogens (primary N) is 1. The fraction of sp³-hybridized carbons (Fsp3) is 0.0435. The van der Waals surface area contributed by atoms with Crippen LogP contribution >= 0.6 is 11.3 Å². The lowest BCUT2D eigenvalue weighted by Gasteiger charge is -2.22. The first-order valence-corrected chi connectivity index (χ1v) is 17.6. The molecule has 0 aliphatic rings. The Bertz CT molecular complexity index is 2650. The Labute approximate surface area is 289 Å². The molecule has 234 valence electrons. The Balaban J connectivity index is 1.08. The minimum atomic E-state index is -0.321. The normalized spacial score (nSPS) is 13.2. The summed E-state index contributed by atoms with van der Waals surface area (Å²) < 4.78 is 2.58. The molecule has 49 heavy (non-hydrogen) atoms. The van der Waals surface area contributed by atoms with Gasteiger partial charge in [-0.1, -0.05) is 152 Å². The quantitative estimate of drug-likeness (QED) is 0.103. The van der Waals surface area contributed by atoms with Gasteiger partial charge < -0.3 is 5.73 Å². The Morgan fingerprint density at radius 1 is 0.531 bits per heavy atom. The lowest BCUT2D eigenvalue weighted by Crippen LogP contribution is -2.31. The minimum Gasteiger partial charge on any atom is -0.312 e. The topological polar surface area (TPSA) is 38.0 Å². The van der Waals surface area contributed by atoms with E-state index < -0.39 is 0 Å². The Kier molecular flexibility index (Phi) is 7.52. The van der Waals surface area contributed by atoms with Gasteiger partial charge in [0, 0.05) is 20.2 Å². The molecule has 0 bridgehead atoms. The van der Waals surface area contributed by atoms with Gasteiger partial charge >= 0.3 is 0 Å². The molecule has 0 spiro atoms. The van der Waals surface area contributed by atoms with Gasteiger partial charge in [-0.25, -0.2) is 0 Å². The van der Waals surface area contributed by atoms with Crippen molar-refractivity contribution in [2.45, 2.75) is 12.2 Å². The number of hydrogen-bond donors (Lipinski definition) is 2. The fourth-order valence-corrected chi connectivity index (χ4v) is 8.41. The van der Waals surface area contributed by atoms with E-state index in [1.165, 1.54) is 69.2 Å². The van der Waals surface area contributed by atoms with Crippen molar-refractivity contribution >= 4 is 69.9 Å². The van der Waals surface area contributed by atoms with E-state index >= 15 is 0 Å². The lowest BCUT2D eigenvalue weighted by atomic mass is 9.93. The predicted octanol–water partition coefficient (Wildman–Crippen LogP) is 12.2. The predicted molar refractivity (Wildman–Crippen MR) is 212 cm³/mol. The average molecular weight is 647 g/mol. The van der Waals surface area contributed by atoms with Crippen LogP contribution in [0.4, 0.5) is 0 Å². The third-order valence-electron chi connectivity index (χ3n) is 9.73. The number of benzene rings is 8. The first kappa shape index (κ1) is 29.6. The van der Waals surface area contributed by atoms with E-state index in [0.717, 1.165) is 11.1 Å². The summed E-state index contributed by atoms with van der Waals surface area (Å²) in [5.41, 5.74) is 12.7. The molecular weight excluding hydrogens is 613 g/mol. The standard InChI is InChI=1S/C46H34N2S/c47-46(32-10-2-1-3-11-32)48-42(39-17-9-19-44-45(39)40-14-6-7-18-43(40)49-44)27-22-30-20-23-31(24-21-30)36-15-8-16-37-38(36)26-25-35-28-33-12-4-5-13-34(33)29-41(35)37/h1-29,42,46,48H,47H2/b27-22+. The van der Waals surface area contributed by atoms with E-state index in [2.05, 4.69) is 163 Å². The first-order chi connectivity index (χ1) is 24.2. The summed E-state index contributed by atoms with van der Waals surface area (Å²) in [5.74, 6) is 0. The van der Waals surface area contributed by atoms with Crippen LogP contribution in [0.1, 0.15) is 28.9 Å². The van der Waals surface area contributed by atoms with E-state index in [4.69, 9.17) is 5.73 Å². The smallest absolute Gasteiger partial charge is 0.0817 e. The molecule has 2 atom stereocenters. The van der Waals surface area contributed by atoms with Crippen molar-refractivity contribution in [3.05, 3.63) is 187 Å². The molecule has 0 aliphatic heterocycles. The number of rotatable bonds is 7. The molecule has 9 aromatic rings. The van der Waals surface area contributed by atoms with Gasteiger partial charge in [-0.05, 0) is 84.4 Å². The number of hydrogen-bond acceptors (Lipinski definition) is 3. The molecule has 0 fully saturated rings. The van der Waals surface area contributed by atoms with Crippen LogP contribution in [0, 0.1) is 0 Å². The summed E-state index contributed by atoms with van der Waals surface area (Å²) >= 11 is 1.84. The molecule has 0 aliphatic carbocycles. The Hall–Kier alpha value is -5.58. The van der Waals surface area contributed by atoms with Gasteiger partial charge in [0.15, 0.2) is 0 Å². The van der Waals surface area contributed by atoms with Crippen molar-refractivity contribution in [3.63, 3.8) is 0 Å². The molecule has 2 nitrogen and oxygen atoms in total. The second-order valence-corrected chi connectivity index (χ2v) is 13.8. The maximum Gasteiger partial charge on any atom is 0.0817 e. The first-order valence-electron chi connectivity index (χ1n) is 16.8. The minimum absolute atomic E-state index is 0.0981. The van der Waals surface area contributed by atoms with Crippen molar-refractivity contribution in [1.29, 1.82) is 0 Å². The third-order valence-corrected chi connectivity index (χ3v) is 10.9. The second-order valence-electron chi connectivity index (χ2n) is 12.7. The molecule has 1 aromatic heterocycles. The fourth-order valence-electron chi connectivity index (χ4n) is 7.27. The summed E-state index contributed by atoms with van der Waals surface area (Å²) in [4.78, 5) is 0. The number of thiophene rings is 1.